The Morgan fingerprint density at radius 2 is 1.68 bits per heavy atom. The molecule has 2 nitrogen and oxygen atoms in total. The van der Waals surface area contributed by atoms with E-state index in [2.05, 4.69) is 55.1 Å². The molecule has 2 heteroatoms. The molecule has 0 aliphatic carbocycles. The maximum atomic E-state index is 5.73. The number of nitrogens with two attached hydrogens (primary N) is 1. The van der Waals surface area contributed by atoms with Crippen LogP contribution in [0.4, 0.5) is 0 Å². The summed E-state index contributed by atoms with van der Waals surface area (Å²) in [6, 6.07) is 19.1. The molecule has 2 rings (SSSR count). The maximum Gasteiger partial charge on any atom is 0.0529 e. The number of rotatable bonds is 9. The van der Waals surface area contributed by atoms with Crippen LogP contribution < -0.4 is 5.73 Å². The second kappa shape index (κ2) is 9.19. The second-order valence-electron chi connectivity index (χ2n) is 5.46. The van der Waals surface area contributed by atoms with Gasteiger partial charge >= 0.3 is 0 Å². The standard InChI is InChI=1S/C20H25NO/c1-2-17(12-14-21)16-22-15-13-18-8-10-20(11-9-18)19-6-4-3-5-7-19/h2-11,17H,1,12-16,21H2. The third kappa shape index (κ3) is 5.14. The zero-order chi connectivity index (χ0) is 15.6. The van der Waals surface area contributed by atoms with Gasteiger partial charge in [0.25, 0.3) is 0 Å². The Morgan fingerprint density at radius 3 is 2.32 bits per heavy atom. The summed E-state index contributed by atoms with van der Waals surface area (Å²) >= 11 is 0. The SMILES string of the molecule is C=CC(CCN)COCCc1ccc(-c2ccccc2)cc1. The zero-order valence-electron chi connectivity index (χ0n) is 13.1. The monoisotopic (exact) mass is 295 g/mol. The Hall–Kier alpha value is -1.90. The average Bonchev–Trinajstić information content (AvgIpc) is 2.59. The van der Waals surface area contributed by atoms with E-state index in [4.69, 9.17) is 10.5 Å². The highest BCUT2D eigenvalue weighted by atomic mass is 16.5. The molecule has 0 radical (unpaired) electrons. The second-order valence-corrected chi connectivity index (χ2v) is 5.46. The topological polar surface area (TPSA) is 35.2 Å². The first-order valence-corrected chi connectivity index (χ1v) is 7.88. The molecular formula is C20H25NO. The highest BCUT2D eigenvalue weighted by Crippen LogP contribution is 2.19. The predicted molar refractivity (Wildman–Crippen MR) is 93.8 cm³/mol. The number of hydrogen-bond donors (Lipinski definition) is 1. The van der Waals surface area contributed by atoms with Crippen LogP contribution in [0.2, 0.25) is 0 Å². The Kier molecular flexibility index (Phi) is 6.88. The minimum atomic E-state index is 0.366. The van der Waals surface area contributed by atoms with Crippen molar-refractivity contribution >= 4 is 0 Å². The maximum absolute atomic E-state index is 5.73. The summed E-state index contributed by atoms with van der Waals surface area (Å²) in [5.74, 6) is 0.366. The lowest BCUT2D eigenvalue weighted by molar-refractivity contribution is 0.113. The third-order valence-electron chi connectivity index (χ3n) is 3.80. The van der Waals surface area contributed by atoms with Crippen LogP contribution in [0.5, 0.6) is 0 Å². The Labute approximate surface area is 133 Å². The fourth-order valence-electron chi connectivity index (χ4n) is 2.40. The molecule has 0 saturated carbocycles. The van der Waals surface area contributed by atoms with Gasteiger partial charge in [0.05, 0.1) is 13.2 Å². The van der Waals surface area contributed by atoms with Crippen molar-refractivity contribution in [1.82, 2.24) is 0 Å². The normalized spacial score (nSPS) is 12.0. The highest BCUT2D eigenvalue weighted by Gasteiger charge is 2.03. The molecule has 0 amide bonds. The van der Waals surface area contributed by atoms with Crippen LogP contribution in [0.15, 0.2) is 67.3 Å². The van der Waals surface area contributed by atoms with Gasteiger partial charge in [0.1, 0.15) is 0 Å². The van der Waals surface area contributed by atoms with Gasteiger partial charge < -0.3 is 10.5 Å². The molecule has 116 valence electrons. The van der Waals surface area contributed by atoms with E-state index in [0.717, 1.165) is 19.4 Å². The molecule has 0 saturated heterocycles. The molecule has 1 unspecified atom stereocenters. The van der Waals surface area contributed by atoms with E-state index in [9.17, 15) is 0 Å². The van der Waals surface area contributed by atoms with Crippen LogP contribution in [-0.4, -0.2) is 19.8 Å². The van der Waals surface area contributed by atoms with E-state index < -0.39 is 0 Å². The molecule has 0 spiro atoms. The van der Waals surface area contributed by atoms with E-state index in [1.54, 1.807) is 0 Å². The van der Waals surface area contributed by atoms with Gasteiger partial charge in [-0.2, -0.15) is 0 Å². The summed E-state index contributed by atoms with van der Waals surface area (Å²) in [5.41, 5.74) is 9.36. The van der Waals surface area contributed by atoms with Crippen molar-refractivity contribution in [3.63, 3.8) is 0 Å². The van der Waals surface area contributed by atoms with E-state index in [-0.39, 0.29) is 0 Å². The smallest absolute Gasteiger partial charge is 0.0529 e. The molecule has 0 fully saturated rings. The molecule has 22 heavy (non-hydrogen) atoms. The lowest BCUT2D eigenvalue weighted by atomic mass is 10.0. The molecule has 0 aromatic heterocycles. The lowest BCUT2D eigenvalue weighted by Crippen LogP contribution is -2.13. The van der Waals surface area contributed by atoms with E-state index in [0.29, 0.717) is 19.1 Å². The van der Waals surface area contributed by atoms with Crippen molar-refractivity contribution in [2.45, 2.75) is 12.8 Å². The fourth-order valence-corrected chi connectivity index (χ4v) is 2.40. The summed E-state index contributed by atoms with van der Waals surface area (Å²) in [5, 5.41) is 0. The molecule has 0 aliphatic heterocycles. The van der Waals surface area contributed by atoms with Gasteiger partial charge in [-0.25, -0.2) is 0 Å². The first-order chi connectivity index (χ1) is 10.8. The highest BCUT2D eigenvalue weighted by molar-refractivity contribution is 5.63. The van der Waals surface area contributed by atoms with Crippen LogP contribution in [0, 0.1) is 5.92 Å². The molecule has 1 atom stereocenters. The summed E-state index contributed by atoms with van der Waals surface area (Å²) in [7, 11) is 0. The van der Waals surface area contributed by atoms with Gasteiger partial charge in [-0.15, -0.1) is 6.58 Å². The Bertz CT molecular complexity index is 548. The molecule has 2 aromatic rings. The number of ether oxygens (including phenoxy) is 1. The molecule has 2 N–H and O–H groups in total. The van der Waals surface area contributed by atoms with Crippen molar-refractivity contribution in [2.24, 2.45) is 11.7 Å². The Balaban J connectivity index is 1.78. The summed E-state index contributed by atoms with van der Waals surface area (Å²) in [4.78, 5) is 0. The third-order valence-corrected chi connectivity index (χ3v) is 3.80. The van der Waals surface area contributed by atoms with Crippen molar-refractivity contribution in [3.05, 3.63) is 72.8 Å². The van der Waals surface area contributed by atoms with E-state index >= 15 is 0 Å². The van der Waals surface area contributed by atoms with Gasteiger partial charge in [0.15, 0.2) is 0 Å². The molecule has 0 bridgehead atoms. The predicted octanol–water partition coefficient (Wildman–Crippen LogP) is 4.06. The molecule has 0 aliphatic rings. The molecular weight excluding hydrogens is 270 g/mol. The number of benzene rings is 2. The minimum absolute atomic E-state index is 0.366. The fraction of sp³-hybridized carbons (Fsp3) is 0.300. The van der Waals surface area contributed by atoms with Gasteiger partial charge in [-0.1, -0.05) is 60.7 Å². The van der Waals surface area contributed by atoms with Crippen LogP contribution in [-0.2, 0) is 11.2 Å². The van der Waals surface area contributed by atoms with Gasteiger partial charge in [0, 0.05) is 5.92 Å². The first-order valence-electron chi connectivity index (χ1n) is 7.88. The van der Waals surface area contributed by atoms with Crippen LogP contribution >= 0.6 is 0 Å². The van der Waals surface area contributed by atoms with Crippen molar-refractivity contribution in [1.29, 1.82) is 0 Å². The van der Waals surface area contributed by atoms with Gasteiger partial charge in [-0.3, -0.25) is 0 Å². The van der Waals surface area contributed by atoms with Crippen LogP contribution in [0.1, 0.15) is 12.0 Å². The Morgan fingerprint density at radius 1 is 1.00 bits per heavy atom. The van der Waals surface area contributed by atoms with Crippen LogP contribution in [0.3, 0.4) is 0 Å². The average molecular weight is 295 g/mol. The summed E-state index contributed by atoms with van der Waals surface area (Å²) in [6.07, 6.45) is 3.80. The van der Waals surface area contributed by atoms with E-state index in [1.807, 2.05) is 12.1 Å². The summed E-state index contributed by atoms with van der Waals surface area (Å²) in [6.45, 7) is 5.95. The zero-order valence-corrected chi connectivity index (χ0v) is 13.1. The molecule has 0 heterocycles. The van der Waals surface area contributed by atoms with Crippen molar-refractivity contribution in [3.8, 4) is 11.1 Å². The summed E-state index contributed by atoms with van der Waals surface area (Å²) < 4.78 is 5.73. The van der Waals surface area contributed by atoms with E-state index in [1.165, 1.54) is 16.7 Å². The lowest BCUT2D eigenvalue weighted by Gasteiger charge is -2.11. The molecule has 2 aromatic carbocycles. The van der Waals surface area contributed by atoms with Crippen LogP contribution in [0.25, 0.3) is 11.1 Å². The largest absolute Gasteiger partial charge is 0.380 e. The van der Waals surface area contributed by atoms with Gasteiger partial charge in [0.2, 0.25) is 0 Å². The minimum Gasteiger partial charge on any atom is -0.380 e. The van der Waals surface area contributed by atoms with Crippen molar-refractivity contribution in [2.75, 3.05) is 19.8 Å². The van der Waals surface area contributed by atoms with Crippen molar-refractivity contribution < 1.29 is 4.74 Å². The number of hydrogen-bond acceptors (Lipinski definition) is 2. The quantitative estimate of drug-likeness (QED) is 0.559. The first kappa shape index (κ1) is 16.5. The van der Waals surface area contributed by atoms with Gasteiger partial charge in [-0.05, 0) is 36.1 Å².